The van der Waals surface area contributed by atoms with Crippen LogP contribution in [0.1, 0.15) is 22.8 Å². The summed E-state index contributed by atoms with van der Waals surface area (Å²) in [5, 5.41) is 9.06. The van der Waals surface area contributed by atoms with Crippen LogP contribution >= 0.6 is 0 Å². The molecule has 0 unspecified atom stereocenters. The molecule has 1 amide bonds. The molecule has 0 spiro atoms. The molecule has 1 heterocycles. The molecule has 0 aliphatic rings. The van der Waals surface area contributed by atoms with Crippen molar-refractivity contribution in [1.29, 1.82) is 0 Å². The van der Waals surface area contributed by atoms with E-state index in [1.807, 2.05) is 6.92 Å². The molecule has 0 fully saturated rings. The standard InChI is InChI=1S/C12H13FN4O/c1-2-7-6-15-17-11(7)16-12(18)9-4-3-8(14)5-10(9)13/h3-6H,2,14H2,1H3,(H2,15,16,17,18). The van der Waals surface area contributed by atoms with E-state index in [0.29, 0.717) is 5.82 Å². The third kappa shape index (κ3) is 2.32. The number of aromatic amines is 1. The molecule has 0 radical (unpaired) electrons. The molecule has 0 saturated heterocycles. The van der Waals surface area contributed by atoms with Crippen molar-refractivity contribution in [2.75, 3.05) is 11.1 Å². The lowest BCUT2D eigenvalue weighted by atomic mass is 10.1. The Bertz CT molecular complexity index is 579. The highest BCUT2D eigenvalue weighted by Crippen LogP contribution is 2.16. The van der Waals surface area contributed by atoms with E-state index in [1.54, 1.807) is 6.20 Å². The molecule has 0 bridgehead atoms. The lowest BCUT2D eigenvalue weighted by Crippen LogP contribution is -2.15. The Labute approximate surface area is 103 Å². The zero-order valence-corrected chi connectivity index (χ0v) is 9.83. The molecule has 5 nitrogen and oxygen atoms in total. The summed E-state index contributed by atoms with van der Waals surface area (Å²) in [6.45, 7) is 1.93. The number of nitrogens with two attached hydrogens (primary N) is 1. The first-order valence-corrected chi connectivity index (χ1v) is 5.50. The van der Waals surface area contributed by atoms with Crippen molar-refractivity contribution in [3.05, 3.63) is 41.3 Å². The highest BCUT2D eigenvalue weighted by atomic mass is 19.1. The highest BCUT2D eigenvalue weighted by Gasteiger charge is 2.14. The summed E-state index contributed by atoms with van der Waals surface area (Å²) >= 11 is 0. The number of amides is 1. The van der Waals surface area contributed by atoms with Crippen LogP contribution < -0.4 is 11.1 Å². The SMILES string of the molecule is CCc1cn[nH]c1NC(=O)c1ccc(N)cc1F. The normalized spacial score (nSPS) is 10.3. The zero-order chi connectivity index (χ0) is 13.1. The van der Waals surface area contributed by atoms with Gasteiger partial charge in [-0.3, -0.25) is 9.89 Å². The number of nitrogens with zero attached hydrogens (tertiary/aromatic N) is 1. The quantitative estimate of drug-likeness (QED) is 0.726. The summed E-state index contributed by atoms with van der Waals surface area (Å²) in [4.78, 5) is 11.9. The molecule has 2 aromatic rings. The van der Waals surface area contributed by atoms with Gasteiger partial charge in [0, 0.05) is 11.3 Å². The van der Waals surface area contributed by atoms with Crippen LogP contribution in [0.4, 0.5) is 15.9 Å². The van der Waals surface area contributed by atoms with Crippen molar-refractivity contribution < 1.29 is 9.18 Å². The van der Waals surface area contributed by atoms with Crippen LogP contribution in [-0.2, 0) is 6.42 Å². The Balaban J connectivity index is 2.22. The van der Waals surface area contributed by atoms with E-state index in [1.165, 1.54) is 12.1 Å². The Morgan fingerprint density at radius 2 is 2.33 bits per heavy atom. The first-order valence-electron chi connectivity index (χ1n) is 5.50. The maximum absolute atomic E-state index is 13.5. The van der Waals surface area contributed by atoms with Gasteiger partial charge in [-0.25, -0.2) is 4.39 Å². The van der Waals surface area contributed by atoms with E-state index in [-0.39, 0.29) is 11.3 Å². The number of hydrogen-bond acceptors (Lipinski definition) is 3. The average Bonchev–Trinajstić information content (AvgIpc) is 2.76. The van der Waals surface area contributed by atoms with Gasteiger partial charge in [0.25, 0.3) is 5.91 Å². The number of benzene rings is 1. The fourth-order valence-electron chi connectivity index (χ4n) is 1.58. The lowest BCUT2D eigenvalue weighted by molar-refractivity contribution is 0.102. The molecular weight excluding hydrogens is 235 g/mol. The van der Waals surface area contributed by atoms with Crippen molar-refractivity contribution in [3.63, 3.8) is 0 Å². The molecule has 2 rings (SSSR count). The van der Waals surface area contributed by atoms with Crippen LogP contribution in [0.3, 0.4) is 0 Å². The average molecular weight is 248 g/mol. The molecule has 1 aromatic carbocycles. The summed E-state index contributed by atoms with van der Waals surface area (Å²) in [5.41, 5.74) is 6.50. The Morgan fingerprint density at radius 1 is 1.56 bits per heavy atom. The zero-order valence-electron chi connectivity index (χ0n) is 9.83. The molecule has 0 aliphatic heterocycles. The topological polar surface area (TPSA) is 83.8 Å². The van der Waals surface area contributed by atoms with E-state index in [9.17, 15) is 9.18 Å². The number of H-pyrrole nitrogens is 1. The molecule has 4 N–H and O–H groups in total. The second-order valence-electron chi connectivity index (χ2n) is 3.82. The number of nitrogens with one attached hydrogen (secondary N) is 2. The smallest absolute Gasteiger partial charge is 0.259 e. The molecular formula is C12H13FN4O. The monoisotopic (exact) mass is 248 g/mol. The molecule has 6 heteroatoms. The minimum Gasteiger partial charge on any atom is -0.399 e. The fraction of sp³-hybridized carbons (Fsp3) is 0.167. The minimum atomic E-state index is -0.648. The van der Waals surface area contributed by atoms with Gasteiger partial charge in [-0.05, 0) is 24.6 Å². The van der Waals surface area contributed by atoms with Crippen LogP contribution in [0.5, 0.6) is 0 Å². The van der Waals surface area contributed by atoms with E-state index >= 15 is 0 Å². The fourth-order valence-corrected chi connectivity index (χ4v) is 1.58. The number of carbonyl (C=O) groups is 1. The largest absolute Gasteiger partial charge is 0.399 e. The maximum atomic E-state index is 13.5. The summed E-state index contributed by atoms with van der Waals surface area (Å²) in [6.07, 6.45) is 2.34. The van der Waals surface area contributed by atoms with Crippen LogP contribution in [0.25, 0.3) is 0 Å². The first-order chi connectivity index (χ1) is 8.61. The van der Waals surface area contributed by atoms with Crippen molar-refractivity contribution in [2.24, 2.45) is 0 Å². The maximum Gasteiger partial charge on any atom is 0.259 e. The van der Waals surface area contributed by atoms with Gasteiger partial charge in [-0.15, -0.1) is 0 Å². The number of nitrogen functional groups attached to an aromatic ring is 1. The first kappa shape index (κ1) is 12.1. The third-order valence-corrected chi connectivity index (χ3v) is 2.58. The number of rotatable bonds is 3. The second-order valence-corrected chi connectivity index (χ2v) is 3.82. The number of hydrogen-bond donors (Lipinski definition) is 3. The highest BCUT2D eigenvalue weighted by molar-refractivity contribution is 6.04. The number of aryl methyl sites for hydroxylation is 1. The van der Waals surface area contributed by atoms with Crippen molar-refractivity contribution in [1.82, 2.24) is 10.2 Å². The number of halogens is 1. The van der Waals surface area contributed by atoms with Crippen molar-refractivity contribution >= 4 is 17.4 Å². The predicted octanol–water partition coefficient (Wildman–Crippen LogP) is 1.95. The molecule has 94 valence electrons. The van der Waals surface area contributed by atoms with Gasteiger partial charge in [0.15, 0.2) is 0 Å². The van der Waals surface area contributed by atoms with E-state index in [4.69, 9.17) is 5.73 Å². The predicted molar refractivity (Wildman–Crippen MR) is 66.7 cm³/mol. The van der Waals surface area contributed by atoms with Crippen molar-refractivity contribution in [3.8, 4) is 0 Å². The van der Waals surface area contributed by atoms with Gasteiger partial charge in [0.05, 0.1) is 11.8 Å². The minimum absolute atomic E-state index is 0.0548. The second kappa shape index (κ2) is 4.87. The number of anilines is 2. The summed E-state index contributed by atoms with van der Waals surface area (Å²) in [7, 11) is 0. The Morgan fingerprint density at radius 3 is 3.00 bits per heavy atom. The summed E-state index contributed by atoms with van der Waals surface area (Å²) in [5.74, 6) is -0.699. The van der Waals surface area contributed by atoms with E-state index < -0.39 is 11.7 Å². The lowest BCUT2D eigenvalue weighted by Gasteiger charge is -2.06. The van der Waals surface area contributed by atoms with Crippen LogP contribution in [0, 0.1) is 5.82 Å². The number of carbonyl (C=O) groups excluding carboxylic acids is 1. The van der Waals surface area contributed by atoms with Gasteiger partial charge in [0.1, 0.15) is 11.6 Å². The van der Waals surface area contributed by atoms with E-state index in [2.05, 4.69) is 15.5 Å². The van der Waals surface area contributed by atoms with Crippen molar-refractivity contribution in [2.45, 2.75) is 13.3 Å². The van der Waals surface area contributed by atoms with Gasteiger partial charge in [-0.1, -0.05) is 6.92 Å². The van der Waals surface area contributed by atoms with Gasteiger partial charge in [0.2, 0.25) is 0 Å². The van der Waals surface area contributed by atoms with Crippen LogP contribution in [0.2, 0.25) is 0 Å². The molecule has 18 heavy (non-hydrogen) atoms. The Kier molecular flexibility index (Phi) is 3.27. The molecule has 1 aromatic heterocycles. The van der Waals surface area contributed by atoms with Gasteiger partial charge < -0.3 is 11.1 Å². The summed E-state index contributed by atoms with van der Waals surface area (Å²) in [6, 6.07) is 3.94. The van der Waals surface area contributed by atoms with Crippen LogP contribution in [-0.4, -0.2) is 16.1 Å². The third-order valence-electron chi connectivity index (χ3n) is 2.58. The van der Waals surface area contributed by atoms with Gasteiger partial charge >= 0.3 is 0 Å². The molecule has 0 atom stereocenters. The molecule has 0 saturated carbocycles. The van der Waals surface area contributed by atoms with Crippen LogP contribution in [0.15, 0.2) is 24.4 Å². The van der Waals surface area contributed by atoms with E-state index in [0.717, 1.165) is 18.1 Å². The molecule has 0 aliphatic carbocycles. The number of aromatic nitrogens is 2. The summed E-state index contributed by atoms with van der Waals surface area (Å²) < 4.78 is 13.5. The van der Waals surface area contributed by atoms with Gasteiger partial charge in [-0.2, -0.15) is 5.10 Å². The Hall–Kier alpha value is -2.37.